The molecule has 1 rings (SSSR count). The molecule has 0 aromatic heterocycles. The summed E-state index contributed by atoms with van der Waals surface area (Å²) in [5.41, 5.74) is 0.146. The minimum Gasteiger partial charge on any atom is -0.730 e. The standard InChI is InChI=1S/C6H8N2O3S.K/c7-8(12(9,10)11)6-4-2-1-3-5-6;/h1-5H,7H2,(H,9,10,11);/q;+1/p-1. The van der Waals surface area contributed by atoms with Crippen LogP contribution < -0.4 is 61.6 Å². The number of hydrazine groups is 1. The Kier molecular flexibility index (Phi) is 5.64. The van der Waals surface area contributed by atoms with Crippen molar-refractivity contribution in [2.45, 2.75) is 0 Å². The van der Waals surface area contributed by atoms with Gasteiger partial charge in [-0.25, -0.2) is 18.7 Å². The predicted molar refractivity (Wildman–Crippen MR) is 42.8 cm³/mol. The fraction of sp³-hybridized carbons (Fsp3) is 0. The van der Waals surface area contributed by atoms with Gasteiger partial charge in [-0.1, -0.05) is 18.2 Å². The summed E-state index contributed by atoms with van der Waals surface area (Å²) in [6, 6.07) is 7.71. The third kappa shape index (κ3) is 4.04. The number of rotatable bonds is 2. The summed E-state index contributed by atoms with van der Waals surface area (Å²) in [5, 5.41) is 0. The summed E-state index contributed by atoms with van der Waals surface area (Å²) in [4.78, 5) is 0. The first-order valence-corrected chi connectivity index (χ1v) is 4.44. The smallest absolute Gasteiger partial charge is 0.730 e. The molecule has 0 spiro atoms. The van der Waals surface area contributed by atoms with Crippen LogP contribution in [0.15, 0.2) is 30.3 Å². The van der Waals surface area contributed by atoms with Gasteiger partial charge in [0.25, 0.3) is 0 Å². The van der Waals surface area contributed by atoms with Gasteiger partial charge in [-0.3, -0.25) is 0 Å². The summed E-state index contributed by atoms with van der Waals surface area (Å²) in [6.45, 7) is 0. The van der Waals surface area contributed by atoms with Crippen LogP contribution in [0.5, 0.6) is 0 Å². The van der Waals surface area contributed by atoms with Crippen LogP contribution in [0, 0.1) is 0 Å². The molecule has 0 heterocycles. The van der Waals surface area contributed by atoms with Crippen molar-refractivity contribution in [2.24, 2.45) is 5.84 Å². The number of para-hydroxylation sites is 1. The minimum atomic E-state index is -4.59. The predicted octanol–water partition coefficient (Wildman–Crippen LogP) is -3.17. The molecule has 13 heavy (non-hydrogen) atoms. The molecule has 0 radical (unpaired) electrons. The molecule has 0 aliphatic rings. The Bertz CT molecular complexity index is 353. The van der Waals surface area contributed by atoms with Crippen LogP contribution in [-0.2, 0) is 10.3 Å². The number of benzene rings is 1. The SMILES string of the molecule is NN(c1ccccc1)S(=O)(=O)[O-].[K+]. The maximum atomic E-state index is 10.4. The zero-order chi connectivity index (χ0) is 9.19. The second-order valence-electron chi connectivity index (χ2n) is 2.09. The maximum Gasteiger partial charge on any atom is 1.00 e. The molecule has 0 unspecified atom stereocenters. The van der Waals surface area contributed by atoms with Crippen LogP contribution in [0.25, 0.3) is 0 Å². The van der Waals surface area contributed by atoms with E-state index in [1.165, 1.54) is 12.1 Å². The van der Waals surface area contributed by atoms with Gasteiger partial charge in [-0.2, -0.15) is 0 Å². The van der Waals surface area contributed by atoms with E-state index in [-0.39, 0.29) is 61.5 Å². The molecule has 5 nitrogen and oxygen atoms in total. The normalized spacial score (nSPS) is 10.3. The summed E-state index contributed by atoms with van der Waals surface area (Å²) >= 11 is 0. The van der Waals surface area contributed by atoms with E-state index in [4.69, 9.17) is 5.84 Å². The monoisotopic (exact) mass is 226 g/mol. The third-order valence-electron chi connectivity index (χ3n) is 1.25. The Morgan fingerprint density at radius 3 is 2.08 bits per heavy atom. The minimum absolute atomic E-state index is 0. The first-order chi connectivity index (χ1) is 5.52. The first-order valence-electron chi connectivity index (χ1n) is 3.08. The van der Waals surface area contributed by atoms with Gasteiger partial charge in [-0.15, -0.1) is 0 Å². The van der Waals surface area contributed by atoms with Crippen LogP contribution in [-0.4, -0.2) is 13.0 Å². The van der Waals surface area contributed by atoms with Gasteiger partial charge >= 0.3 is 51.4 Å². The summed E-state index contributed by atoms with van der Waals surface area (Å²) in [5.74, 6) is 5.00. The molecule has 0 saturated carbocycles. The van der Waals surface area contributed by atoms with Crippen molar-refractivity contribution in [3.05, 3.63) is 30.3 Å². The van der Waals surface area contributed by atoms with Gasteiger partial charge in [0.05, 0.1) is 5.69 Å². The quantitative estimate of drug-likeness (QED) is 0.249. The van der Waals surface area contributed by atoms with E-state index in [2.05, 4.69) is 0 Å². The largest absolute Gasteiger partial charge is 1.00 e. The van der Waals surface area contributed by atoms with Crippen LogP contribution >= 0.6 is 0 Å². The first kappa shape index (κ1) is 13.5. The van der Waals surface area contributed by atoms with Gasteiger partial charge in [-0.05, 0) is 12.1 Å². The summed E-state index contributed by atoms with van der Waals surface area (Å²) in [7, 11) is -4.59. The Labute approximate surface area is 119 Å². The van der Waals surface area contributed by atoms with Gasteiger partial charge < -0.3 is 4.55 Å². The molecular weight excluding hydrogens is 219 g/mol. The second-order valence-corrected chi connectivity index (χ2v) is 3.34. The van der Waals surface area contributed by atoms with Crippen molar-refractivity contribution in [3.8, 4) is 0 Å². The van der Waals surface area contributed by atoms with Crippen molar-refractivity contribution in [2.75, 3.05) is 4.41 Å². The van der Waals surface area contributed by atoms with Crippen molar-refractivity contribution in [1.29, 1.82) is 0 Å². The van der Waals surface area contributed by atoms with Crippen molar-refractivity contribution in [3.63, 3.8) is 0 Å². The molecule has 2 N–H and O–H groups in total. The Morgan fingerprint density at radius 1 is 1.23 bits per heavy atom. The average Bonchev–Trinajstić information content (AvgIpc) is 2.03. The zero-order valence-electron chi connectivity index (χ0n) is 7.04. The Morgan fingerprint density at radius 2 is 1.69 bits per heavy atom. The molecule has 7 heteroatoms. The number of anilines is 1. The average molecular weight is 226 g/mol. The molecule has 0 saturated heterocycles. The fourth-order valence-corrected chi connectivity index (χ4v) is 1.08. The van der Waals surface area contributed by atoms with Crippen LogP contribution in [0.3, 0.4) is 0 Å². The number of hydrogen-bond acceptors (Lipinski definition) is 4. The maximum absolute atomic E-state index is 10.4. The molecule has 0 aliphatic heterocycles. The van der Waals surface area contributed by atoms with Crippen LogP contribution in [0.4, 0.5) is 5.69 Å². The Hall–Kier alpha value is 0.526. The van der Waals surface area contributed by atoms with E-state index in [0.717, 1.165) is 0 Å². The fourth-order valence-electron chi connectivity index (χ4n) is 0.704. The topological polar surface area (TPSA) is 86.5 Å². The number of hydrogen-bond donors (Lipinski definition) is 1. The van der Waals surface area contributed by atoms with Gasteiger partial charge in [0.15, 0.2) is 10.3 Å². The van der Waals surface area contributed by atoms with E-state index in [0.29, 0.717) is 0 Å². The van der Waals surface area contributed by atoms with Gasteiger partial charge in [0.1, 0.15) is 0 Å². The van der Waals surface area contributed by atoms with Crippen LogP contribution in [0.1, 0.15) is 0 Å². The zero-order valence-corrected chi connectivity index (χ0v) is 11.0. The molecule has 1 aromatic carbocycles. The molecule has 0 atom stereocenters. The number of nitrogens with zero attached hydrogens (tertiary/aromatic N) is 1. The molecule has 1 aromatic rings. The third-order valence-corrected chi connectivity index (χ3v) is 1.94. The second kappa shape index (κ2) is 5.42. The molecule has 0 amide bonds. The van der Waals surface area contributed by atoms with E-state index < -0.39 is 10.3 Å². The summed E-state index contributed by atoms with van der Waals surface area (Å²) in [6.07, 6.45) is 0. The van der Waals surface area contributed by atoms with Crippen molar-refractivity contribution >= 4 is 16.0 Å². The molecular formula is C6H7KN2O3S. The number of nitrogens with two attached hydrogens (primary N) is 1. The molecule has 66 valence electrons. The van der Waals surface area contributed by atoms with Crippen molar-refractivity contribution < 1.29 is 64.4 Å². The van der Waals surface area contributed by atoms with Gasteiger partial charge in [0, 0.05) is 0 Å². The van der Waals surface area contributed by atoms with E-state index in [1.54, 1.807) is 18.2 Å². The van der Waals surface area contributed by atoms with E-state index in [1.807, 2.05) is 0 Å². The molecule has 0 aliphatic carbocycles. The van der Waals surface area contributed by atoms with Gasteiger partial charge in [0.2, 0.25) is 0 Å². The Balaban J connectivity index is 0.00000144. The summed E-state index contributed by atoms with van der Waals surface area (Å²) < 4.78 is 31.3. The van der Waals surface area contributed by atoms with Crippen molar-refractivity contribution in [1.82, 2.24) is 0 Å². The van der Waals surface area contributed by atoms with E-state index >= 15 is 0 Å². The molecule has 0 fully saturated rings. The van der Waals surface area contributed by atoms with E-state index in [9.17, 15) is 13.0 Å². The molecule has 0 bridgehead atoms. The van der Waals surface area contributed by atoms with Crippen LogP contribution in [0.2, 0.25) is 0 Å².